The molecule has 1 aromatic carbocycles. The van der Waals surface area contributed by atoms with Crippen LogP contribution in [0.15, 0.2) is 54.9 Å². The van der Waals surface area contributed by atoms with E-state index in [1.54, 1.807) is 11.0 Å². The van der Waals surface area contributed by atoms with Crippen molar-refractivity contribution in [2.45, 2.75) is 0 Å². The molecule has 0 N–H and O–H groups in total. The number of carbonyl (C=O) groups is 3. The molecule has 10 heteroatoms. The maximum atomic E-state index is 12.7. The third kappa shape index (κ3) is 4.50. The van der Waals surface area contributed by atoms with E-state index >= 15 is 0 Å². The zero-order valence-corrected chi connectivity index (χ0v) is 19.7. The number of benzene rings is 1. The third-order valence-corrected chi connectivity index (χ3v) is 7.48. The average Bonchev–Trinajstić information content (AvgIpc) is 3.21. The summed E-state index contributed by atoms with van der Waals surface area (Å²) in [5.41, 5.74) is 1.12. The lowest BCUT2D eigenvalue weighted by atomic mass is 10.2. The van der Waals surface area contributed by atoms with Crippen LogP contribution in [0.4, 0.5) is 10.5 Å². The van der Waals surface area contributed by atoms with E-state index in [-0.39, 0.29) is 17.4 Å². The monoisotopic (exact) mass is 553 g/mol. The number of rotatable bonds is 4. The molecule has 0 radical (unpaired) electrons. The molecule has 0 aliphatic carbocycles. The number of piperazine rings is 1. The number of furan rings is 1. The number of halogens is 2. The van der Waals surface area contributed by atoms with E-state index in [2.05, 4.69) is 36.8 Å². The van der Waals surface area contributed by atoms with Crippen LogP contribution in [-0.4, -0.2) is 59.6 Å². The maximum absolute atomic E-state index is 12.7. The SMILES string of the molecule is O=C(CN1C(=O)S/C(=C/c2cc(Br)c(Br)o2)C1=O)N1CCN(c2ccccc2)CC1. The highest BCUT2D eigenvalue weighted by atomic mass is 79.9. The standard InChI is InChI=1S/C20H17Br2N3O4S/c21-15-10-14(29-18(15)22)11-16-19(27)25(20(28)30-16)12-17(26)24-8-6-23(7-9-24)13-4-2-1-3-5-13/h1-5,10-11H,6-9,12H2/b16-11+. The molecular weight excluding hydrogens is 538 g/mol. The van der Waals surface area contributed by atoms with E-state index in [1.807, 2.05) is 30.3 Å². The van der Waals surface area contributed by atoms with Gasteiger partial charge >= 0.3 is 0 Å². The summed E-state index contributed by atoms with van der Waals surface area (Å²) in [6.45, 7) is 2.26. The minimum absolute atomic E-state index is 0.227. The van der Waals surface area contributed by atoms with Gasteiger partial charge in [-0.15, -0.1) is 0 Å². The van der Waals surface area contributed by atoms with Crippen molar-refractivity contribution < 1.29 is 18.8 Å². The van der Waals surface area contributed by atoms with Gasteiger partial charge in [0.25, 0.3) is 11.1 Å². The molecule has 30 heavy (non-hydrogen) atoms. The van der Waals surface area contributed by atoms with Crippen LogP contribution in [0.5, 0.6) is 0 Å². The van der Waals surface area contributed by atoms with Crippen LogP contribution >= 0.6 is 43.6 Å². The Kier molecular flexibility index (Phi) is 6.35. The van der Waals surface area contributed by atoms with E-state index in [1.165, 1.54) is 6.08 Å². The lowest BCUT2D eigenvalue weighted by Gasteiger charge is -2.36. The molecule has 3 amide bonds. The maximum Gasteiger partial charge on any atom is 0.294 e. The number of anilines is 1. The summed E-state index contributed by atoms with van der Waals surface area (Å²) >= 11 is 7.35. The quantitative estimate of drug-likeness (QED) is 0.528. The fourth-order valence-electron chi connectivity index (χ4n) is 3.29. The Morgan fingerprint density at radius 3 is 2.43 bits per heavy atom. The van der Waals surface area contributed by atoms with E-state index in [9.17, 15) is 14.4 Å². The van der Waals surface area contributed by atoms with Gasteiger partial charge in [0.05, 0.1) is 9.38 Å². The summed E-state index contributed by atoms with van der Waals surface area (Å²) in [4.78, 5) is 42.8. The van der Waals surface area contributed by atoms with Gasteiger partial charge in [-0.1, -0.05) is 18.2 Å². The second-order valence-corrected chi connectivity index (χ2v) is 9.31. The molecule has 3 heterocycles. The van der Waals surface area contributed by atoms with Crippen molar-refractivity contribution in [2.24, 2.45) is 0 Å². The highest BCUT2D eigenvalue weighted by Crippen LogP contribution is 2.34. The molecule has 0 bridgehead atoms. The molecule has 7 nitrogen and oxygen atoms in total. The Bertz CT molecular complexity index is 997. The fourth-order valence-corrected chi connectivity index (χ4v) is 4.71. The molecule has 0 spiro atoms. The second-order valence-electron chi connectivity index (χ2n) is 6.74. The zero-order chi connectivity index (χ0) is 21.3. The molecule has 0 atom stereocenters. The summed E-state index contributed by atoms with van der Waals surface area (Å²) in [6, 6.07) is 11.7. The zero-order valence-electron chi connectivity index (χ0n) is 15.7. The van der Waals surface area contributed by atoms with Gasteiger partial charge in [-0.2, -0.15) is 0 Å². The van der Waals surface area contributed by atoms with Crippen molar-refractivity contribution in [1.82, 2.24) is 9.80 Å². The first-order valence-corrected chi connectivity index (χ1v) is 11.6. The van der Waals surface area contributed by atoms with E-state index in [0.717, 1.165) is 22.3 Å². The van der Waals surface area contributed by atoms with Gasteiger partial charge < -0.3 is 14.2 Å². The fraction of sp³-hybridized carbons (Fsp3) is 0.250. The Morgan fingerprint density at radius 1 is 1.10 bits per heavy atom. The molecule has 2 aliphatic heterocycles. The van der Waals surface area contributed by atoms with Crippen LogP contribution < -0.4 is 4.90 Å². The molecular formula is C20H17Br2N3O4S. The number of para-hydroxylation sites is 1. The predicted octanol–water partition coefficient (Wildman–Crippen LogP) is 4.19. The average molecular weight is 555 g/mol. The number of thioether (sulfide) groups is 1. The minimum Gasteiger partial charge on any atom is -0.449 e. The highest BCUT2D eigenvalue weighted by molar-refractivity contribution is 9.13. The van der Waals surface area contributed by atoms with Crippen LogP contribution in [0.3, 0.4) is 0 Å². The normalized spacial score (nSPS) is 18.6. The molecule has 156 valence electrons. The van der Waals surface area contributed by atoms with Crippen LogP contribution in [0, 0.1) is 0 Å². The summed E-state index contributed by atoms with van der Waals surface area (Å²) in [6.07, 6.45) is 1.50. The largest absolute Gasteiger partial charge is 0.449 e. The smallest absolute Gasteiger partial charge is 0.294 e. The molecule has 2 saturated heterocycles. The van der Waals surface area contributed by atoms with Crippen LogP contribution in [0.2, 0.25) is 0 Å². The van der Waals surface area contributed by atoms with Crippen LogP contribution in [0.1, 0.15) is 5.76 Å². The van der Waals surface area contributed by atoms with Gasteiger partial charge in [-0.05, 0) is 61.8 Å². The Morgan fingerprint density at radius 2 is 1.80 bits per heavy atom. The summed E-state index contributed by atoms with van der Waals surface area (Å²) in [5.74, 6) is -0.276. The summed E-state index contributed by atoms with van der Waals surface area (Å²) < 4.78 is 6.64. The van der Waals surface area contributed by atoms with Crippen LogP contribution in [0.25, 0.3) is 6.08 Å². The first kappa shape index (κ1) is 21.2. The van der Waals surface area contributed by atoms with Gasteiger partial charge in [0.15, 0.2) is 4.67 Å². The molecule has 0 saturated carbocycles. The first-order valence-electron chi connectivity index (χ1n) is 9.20. The second kappa shape index (κ2) is 8.99. The van der Waals surface area contributed by atoms with E-state index in [4.69, 9.17) is 4.42 Å². The molecule has 1 aromatic heterocycles. The van der Waals surface area contributed by atoms with Crippen molar-refractivity contribution in [3.63, 3.8) is 0 Å². The Labute approximate surface area is 194 Å². The Balaban J connectivity index is 1.36. The van der Waals surface area contributed by atoms with Crippen molar-refractivity contribution in [3.05, 3.63) is 56.2 Å². The lowest BCUT2D eigenvalue weighted by molar-refractivity contribution is -0.136. The van der Waals surface area contributed by atoms with Crippen molar-refractivity contribution in [2.75, 3.05) is 37.6 Å². The summed E-state index contributed by atoms with van der Waals surface area (Å²) in [5, 5.41) is -0.452. The third-order valence-electron chi connectivity index (χ3n) is 4.86. The van der Waals surface area contributed by atoms with Gasteiger partial charge in [0, 0.05) is 37.9 Å². The van der Waals surface area contributed by atoms with Crippen molar-refractivity contribution in [3.8, 4) is 0 Å². The van der Waals surface area contributed by atoms with E-state index in [0.29, 0.717) is 41.1 Å². The highest BCUT2D eigenvalue weighted by Gasteiger charge is 2.37. The van der Waals surface area contributed by atoms with Gasteiger partial charge in [-0.3, -0.25) is 19.3 Å². The number of hydrogen-bond donors (Lipinski definition) is 0. The molecule has 2 fully saturated rings. The number of carbonyl (C=O) groups excluding carboxylic acids is 3. The minimum atomic E-state index is -0.482. The number of nitrogens with zero attached hydrogens (tertiary/aromatic N) is 3. The summed E-state index contributed by atoms with van der Waals surface area (Å²) in [7, 11) is 0. The molecule has 2 aromatic rings. The molecule has 4 rings (SSSR count). The van der Waals surface area contributed by atoms with Gasteiger partial charge in [0.2, 0.25) is 5.91 Å². The lowest BCUT2D eigenvalue weighted by Crippen LogP contribution is -2.51. The first-order chi connectivity index (χ1) is 14.4. The van der Waals surface area contributed by atoms with Gasteiger partial charge in [0.1, 0.15) is 12.3 Å². The number of amides is 3. The van der Waals surface area contributed by atoms with Gasteiger partial charge in [-0.25, -0.2) is 0 Å². The topological polar surface area (TPSA) is 74.1 Å². The van der Waals surface area contributed by atoms with Crippen molar-refractivity contribution >= 4 is 72.4 Å². The predicted molar refractivity (Wildman–Crippen MR) is 122 cm³/mol. The number of hydrogen-bond acceptors (Lipinski definition) is 6. The van der Waals surface area contributed by atoms with Crippen LogP contribution in [-0.2, 0) is 9.59 Å². The molecule has 2 aliphatic rings. The van der Waals surface area contributed by atoms with E-state index < -0.39 is 11.1 Å². The number of imide groups is 1. The Hall–Kier alpha value is -2.04. The van der Waals surface area contributed by atoms with Crippen molar-refractivity contribution in [1.29, 1.82) is 0 Å². The molecule has 0 unspecified atom stereocenters.